The second-order valence-electron chi connectivity index (χ2n) is 7.78. The number of aromatic amines is 1. The van der Waals surface area contributed by atoms with Crippen molar-refractivity contribution in [2.75, 3.05) is 7.11 Å². The summed E-state index contributed by atoms with van der Waals surface area (Å²) in [6.07, 6.45) is 4.12. The van der Waals surface area contributed by atoms with Crippen LogP contribution in [-0.4, -0.2) is 21.6 Å². The molecule has 1 unspecified atom stereocenters. The molecule has 2 aromatic heterocycles. The number of halogens is 1. The first-order chi connectivity index (χ1) is 14.6. The van der Waals surface area contributed by atoms with Crippen molar-refractivity contribution < 1.29 is 9.13 Å². The summed E-state index contributed by atoms with van der Waals surface area (Å²) in [6, 6.07) is 12.8. The summed E-state index contributed by atoms with van der Waals surface area (Å²) in [5.74, 6) is 1.52. The number of nitrogens with zero attached hydrogens (tertiary/aromatic N) is 3. The van der Waals surface area contributed by atoms with E-state index in [1.807, 2.05) is 25.1 Å². The van der Waals surface area contributed by atoms with Crippen LogP contribution in [0, 0.1) is 24.1 Å². The Morgan fingerprint density at radius 2 is 2.13 bits per heavy atom. The van der Waals surface area contributed by atoms with Gasteiger partial charge in [0.15, 0.2) is 0 Å². The number of aromatic nitrogens is 3. The third kappa shape index (κ3) is 2.86. The van der Waals surface area contributed by atoms with Gasteiger partial charge >= 0.3 is 0 Å². The molecule has 5 rings (SSSR count). The highest BCUT2D eigenvalue weighted by atomic mass is 19.1. The number of hydrogen-bond donors (Lipinski definition) is 1. The number of nitrogens with one attached hydrogen (secondary N) is 1. The normalized spacial score (nSPS) is 15.7. The van der Waals surface area contributed by atoms with E-state index in [-0.39, 0.29) is 11.7 Å². The van der Waals surface area contributed by atoms with Crippen molar-refractivity contribution in [2.24, 2.45) is 0 Å². The lowest BCUT2D eigenvalue weighted by Gasteiger charge is -2.25. The van der Waals surface area contributed by atoms with E-state index in [0.29, 0.717) is 11.3 Å². The number of hydrogen-bond acceptors (Lipinski definition) is 3. The van der Waals surface area contributed by atoms with Gasteiger partial charge in [-0.3, -0.25) is 0 Å². The Kier molecular flexibility index (Phi) is 4.32. The van der Waals surface area contributed by atoms with Crippen molar-refractivity contribution in [1.82, 2.24) is 14.5 Å². The lowest BCUT2D eigenvalue weighted by atomic mass is 9.88. The molecule has 0 amide bonds. The molecule has 0 spiro atoms. The van der Waals surface area contributed by atoms with E-state index in [4.69, 9.17) is 9.72 Å². The van der Waals surface area contributed by atoms with Gasteiger partial charge in [0.05, 0.1) is 18.4 Å². The fourth-order valence-corrected chi connectivity index (χ4v) is 4.56. The van der Waals surface area contributed by atoms with E-state index < -0.39 is 0 Å². The predicted octanol–water partition coefficient (Wildman–Crippen LogP) is 5.28. The van der Waals surface area contributed by atoms with E-state index in [0.717, 1.165) is 58.6 Å². The molecule has 0 fully saturated rings. The first kappa shape index (κ1) is 18.4. The second kappa shape index (κ2) is 7.03. The molecule has 1 aliphatic heterocycles. The summed E-state index contributed by atoms with van der Waals surface area (Å²) in [4.78, 5) is 8.37. The van der Waals surface area contributed by atoms with Crippen LogP contribution in [0.15, 0.2) is 42.6 Å². The summed E-state index contributed by atoms with van der Waals surface area (Å²) in [5.41, 5.74) is 5.23. The van der Waals surface area contributed by atoms with Crippen LogP contribution in [0.25, 0.3) is 22.3 Å². The molecular formula is C24H21FN4O. The lowest BCUT2D eigenvalue weighted by molar-refractivity contribution is 0.418. The Hall–Kier alpha value is -3.59. The lowest BCUT2D eigenvalue weighted by Crippen LogP contribution is -2.17. The summed E-state index contributed by atoms with van der Waals surface area (Å²) in [5, 5.41) is 10.2. The molecule has 0 radical (unpaired) electrons. The monoisotopic (exact) mass is 400 g/mol. The molecule has 0 saturated heterocycles. The molecule has 150 valence electrons. The fraction of sp³-hybridized carbons (Fsp3) is 0.250. The van der Waals surface area contributed by atoms with Crippen LogP contribution in [0.5, 0.6) is 5.75 Å². The minimum absolute atomic E-state index is 0.150. The van der Waals surface area contributed by atoms with Crippen LogP contribution in [0.3, 0.4) is 0 Å². The van der Waals surface area contributed by atoms with E-state index in [1.54, 1.807) is 19.2 Å². The molecule has 0 saturated carbocycles. The topological polar surface area (TPSA) is 66.6 Å². The second-order valence-corrected chi connectivity index (χ2v) is 7.78. The fourth-order valence-electron chi connectivity index (χ4n) is 4.56. The molecule has 1 N–H and O–H groups in total. The number of benzene rings is 2. The minimum atomic E-state index is -0.208. The Bertz CT molecular complexity index is 1310. The molecule has 2 aromatic carbocycles. The zero-order valence-electron chi connectivity index (χ0n) is 16.9. The van der Waals surface area contributed by atoms with Crippen molar-refractivity contribution in [3.8, 4) is 23.2 Å². The van der Waals surface area contributed by atoms with Crippen LogP contribution in [0.1, 0.15) is 41.3 Å². The highest BCUT2D eigenvalue weighted by Gasteiger charge is 2.26. The Labute approximate surface area is 173 Å². The van der Waals surface area contributed by atoms with Crippen molar-refractivity contribution in [3.05, 3.63) is 70.9 Å². The average Bonchev–Trinajstić information content (AvgIpc) is 3.37. The maximum atomic E-state index is 13.6. The van der Waals surface area contributed by atoms with Gasteiger partial charge in [-0.05, 0) is 61.2 Å². The number of methoxy groups -OCH3 is 1. The van der Waals surface area contributed by atoms with Gasteiger partial charge in [0.2, 0.25) is 0 Å². The number of H-pyrrole nitrogens is 1. The molecule has 30 heavy (non-hydrogen) atoms. The van der Waals surface area contributed by atoms with Crippen LogP contribution >= 0.6 is 0 Å². The molecule has 1 aliphatic rings. The van der Waals surface area contributed by atoms with Crippen LogP contribution in [0.2, 0.25) is 0 Å². The van der Waals surface area contributed by atoms with Crippen molar-refractivity contribution in [1.29, 1.82) is 5.26 Å². The number of nitriles is 1. The van der Waals surface area contributed by atoms with E-state index in [9.17, 15) is 9.65 Å². The van der Waals surface area contributed by atoms with Crippen molar-refractivity contribution >= 4 is 10.9 Å². The first-order valence-electron chi connectivity index (χ1n) is 10.0. The number of aryl methyl sites for hydroxylation is 2. The van der Waals surface area contributed by atoms with Gasteiger partial charge in [-0.1, -0.05) is 6.07 Å². The summed E-state index contributed by atoms with van der Waals surface area (Å²) in [6.45, 7) is 2.87. The van der Waals surface area contributed by atoms with Gasteiger partial charge in [0.1, 0.15) is 29.2 Å². The van der Waals surface area contributed by atoms with Gasteiger partial charge in [0.25, 0.3) is 0 Å². The smallest absolute Gasteiger partial charge is 0.146 e. The molecule has 4 aromatic rings. The van der Waals surface area contributed by atoms with Crippen LogP contribution in [-0.2, 0) is 6.54 Å². The van der Waals surface area contributed by atoms with E-state index >= 15 is 0 Å². The highest BCUT2D eigenvalue weighted by molar-refractivity contribution is 5.92. The van der Waals surface area contributed by atoms with Gasteiger partial charge in [-0.25, -0.2) is 9.37 Å². The van der Waals surface area contributed by atoms with Crippen molar-refractivity contribution in [2.45, 2.75) is 32.2 Å². The molecule has 1 atom stereocenters. The molecule has 0 aliphatic carbocycles. The number of ether oxygens (including phenoxy) is 1. The van der Waals surface area contributed by atoms with E-state index in [1.165, 1.54) is 6.07 Å². The zero-order valence-corrected chi connectivity index (χ0v) is 16.9. The Morgan fingerprint density at radius 1 is 1.27 bits per heavy atom. The summed E-state index contributed by atoms with van der Waals surface area (Å²) in [7, 11) is 1.58. The van der Waals surface area contributed by atoms with Crippen LogP contribution in [0.4, 0.5) is 4.39 Å². The SMILES string of the molecule is COc1c(C#N)ccc2[nH]c(-c3cn4c(n3)C(c3ccc(F)cc3C)CCC4)cc12. The molecule has 3 heterocycles. The van der Waals surface area contributed by atoms with Gasteiger partial charge in [-0.2, -0.15) is 5.26 Å². The molecule has 5 nitrogen and oxygen atoms in total. The maximum Gasteiger partial charge on any atom is 0.146 e. The zero-order chi connectivity index (χ0) is 20.8. The Balaban J connectivity index is 1.60. The van der Waals surface area contributed by atoms with Gasteiger partial charge < -0.3 is 14.3 Å². The first-order valence-corrected chi connectivity index (χ1v) is 10.0. The maximum absolute atomic E-state index is 13.6. The minimum Gasteiger partial charge on any atom is -0.495 e. The average molecular weight is 400 g/mol. The quantitative estimate of drug-likeness (QED) is 0.508. The largest absolute Gasteiger partial charge is 0.495 e. The number of imidazole rings is 1. The number of fused-ring (bicyclic) bond motifs is 2. The number of rotatable bonds is 3. The predicted molar refractivity (Wildman–Crippen MR) is 113 cm³/mol. The molecular weight excluding hydrogens is 379 g/mol. The molecule has 6 heteroatoms. The molecule has 0 bridgehead atoms. The van der Waals surface area contributed by atoms with Crippen LogP contribution < -0.4 is 4.74 Å². The third-order valence-corrected chi connectivity index (χ3v) is 5.97. The summed E-state index contributed by atoms with van der Waals surface area (Å²) >= 11 is 0. The third-order valence-electron chi connectivity index (χ3n) is 5.97. The van der Waals surface area contributed by atoms with Gasteiger partial charge in [0, 0.05) is 29.6 Å². The Morgan fingerprint density at radius 3 is 2.90 bits per heavy atom. The summed E-state index contributed by atoms with van der Waals surface area (Å²) < 4.78 is 21.3. The standard InChI is InChI=1S/C24H21FN4O/c1-14-10-16(25)6-7-17(14)18-4-3-9-29-13-22(28-24(18)29)21-11-19-20(27-21)8-5-15(12-26)23(19)30-2/h5-8,10-11,13,18,27H,3-4,9H2,1-2H3. The highest BCUT2D eigenvalue weighted by Crippen LogP contribution is 2.38. The van der Waals surface area contributed by atoms with Gasteiger partial charge in [-0.15, -0.1) is 0 Å². The van der Waals surface area contributed by atoms with E-state index in [2.05, 4.69) is 21.8 Å². The van der Waals surface area contributed by atoms with Crippen molar-refractivity contribution in [3.63, 3.8) is 0 Å².